The van der Waals surface area contributed by atoms with Gasteiger partial charge in [0.2, 0.25) is 5.95 Å². The van der Waals surface area contributed by atoms with Crippen molar-refractivity contribution in [3.63, 3.8) is 0 Å². The molecule has 4 nitrogen and oxygen atoms in total. The minimum Gasteiger partial charge on any atom is -0.277 e. The smallest absolute Gasteiger partial charge is 0.238 e. The van der Waals surface area contributed by atoms with Gasteiger partial charge in [0, 0.05) is 47.5 Å². The first-order chi connectivity index (χ1) is 25.5. The van der Waals surface area contributed by atoms with Gasteiger partial charge in [-0.25, -0.2) is 4.98 Å². The lowest BCUT2D eigenvalue weighted by Crippen LogP contribution is -2.06. The number of fused-ring (bicyclic) bond motifs is 10. The topological polar surface area (TPSA) is 43.6 Å². The van der Waals surface area contributed by atoms with Crippen LogP contribution in [-0.4, -0.2) is 19.5 Å². The number of benzene rings is 7. The van der Waals surface area contributed by atoms with Crippen LogP contribution in [0.2, 0.25) is 0 Å². The molecule has 48 heavy (non-hydrogen) atoms. The molecule has 0 aliphatic rings. The number of aromatic nitrogens is 4. The Morgan fingerprint density at radius 2 is 1.10 bits per heavy atom. The molecule has 0 saturated carbocycles. The first kappa shape index (κ1) is 23.2. The van der Waals surface area contributed by atoms with Crippen LogP contribution < -0.4 is 0 Å². The van der Waals surface area contributed by atoms with Gasteiger partial charge in [-0.05, 0) is 34.7 Å². The van der Waals surface area contributed by atoms with Crippen LogP contribution in [0, 0.1) is 0 Å². The van der Waals surface area contributed by atoms with Gasteiger partial charge in [-0.3, -0.25) is 4.57 Å². The standard InChI is InChI=1S/C43H26N4S/c1-4-14-27(15-5-1)30-24-25-35-34(26-30)37-31-20-10-11-21-32(31)40-38(33-22-12-13-23-36(33)48-40)39(37)47(35)43-45-41(28-16-6-2-7-17-28)44-42(46-43)29-18-8-3-9-19-29/h1-26H/i12D,13D,22D,23D. The van der Waals surface area contributed by atoms with Gasteiger partial charge < -0.3 is 0 Å². The third-order valence-electron chi connectivity index (χ3n) is 8.97. The number of hydrogen-bond acceptors (Lipinski definition) is 4. The molecule has 10 rings (SSSR count). The number of nitrogens with zero attached hydrogens (tertiary/aromatic N) is 4. The fourth-order valence-corrected chi connectivity index (χ4v) is 8.00. The van der Waals surface area contributed by atoms with Gasteiger partial charge in [0.1, 0.15) is 0 Å². The third-order valence-corrected chi connectivity index (χ3v) is 10.1. The van der Waals surface area contributed by atoms with E-state index in [0.29, 0.717) is 27.7 Å². The maximum atomic E-state index is 9.22. The summed E-state index contributed by atoms with van der Waals surface area (Å²) < 4.78 is 38.9. The van der Waals surface area contributed by atoms with Crippen molar-refractivity contribution in [2.75, 3.05) is 0 Å². The van der Waals surface area contributed by atoms with Crippen molar-refractivity contribution in [1.82, 2.24) is 19.5 Å². The normalized spacial score (nSPS) is 12.9. The van der Waals surface area contributed by atoms with E-state index in [1.54, 1.807) is 0 Å². The lowest BCUT2D eigenvalue weighted by molar-refractivity contribution is 0.955. The van der Waals surface area contributed by atoms with E-state index in [4.69, 9.17) is 19.1 Å². The second-order valence-electron chi connectivity index (χ2n) is 11.7. The second-order valence-corrected chi connectivity index (χ2v) is 12.7. The Morgan fingerprint density at radius 1 is 0.500 bits per heavy atom. The van der Waals surface area contributed by atoms with E-state index in [-0.39, 0.29) is 24.2 Å². The van der Waals surface area contributed by atoms with Crippen LogP contribution in [0.15, 0.2) is 158 Å². The molecule has 0 atom stereocenters. The summed E-state index contributed by atoms with van der Waals surface area (Å²) in [6.45, 7) is 0. The maximum Gasteiger partial charge on any atom is 0.238 e. The Balaban J connectivity index is 1.46. The number of thiophene rings is 1. The highest BCUT2D eigenvalue weighted by molar-refractivity contribution is 7.27. The fraction of sp³-hybridized carbons (Fsp3) is 0. The monoisotopic (exact) mass is 634 g/mol. The fourth-order valence-electron chi connectivity index (χ4n) is 6.85. The Morgan fingerprint density at radius 3 is 1.79 bits per heavy atom. The van der Waals surface area contributed by atoms with Crippen LogP contribution in [0.3, 0.4) is 0 Å². The molecule has 224 valence electrons. The van der Waals surface area contributed by atoms with Crippen molar-refractivity contribution in [1.29, 1.82) is 0 Å². The zero-order valence-corrected chi connectivity index (χ0v) is 26.2. The molecule has 10 aromatic rings. The molecular formula is C43H26N4S. The summed E-state index contributed by atoms with van der Waals surface area (Å²) in [5, 5.41) is 5.19. The van der Waals surface area contributed by atoms with Gasteiger partial charge in [0.05, 0.1) is 16.5 Å². The van der Waals surface area contributed by atoms with Gasteiger partial charge in [0.25, 0.3) is 0 Å². The molecular weight excluding hydrogens is 605 g/mol. The summed E-state index contributed by atoms with van der Waals surface area (Å²) in [4.78, 5) is 15.3. The van der Waals surface area contributed by atoms with Crippen LogP contribution >= 0.6 is 11.3 Å². The predicted octanol–water partition coefficient (Wildman–Crippen LogP) is 11.5. The van der Waals surface area contributed by atoms with Crippen LogP contribution in [-0.2, 0) is 0 Å². The summed E-state index contributed by atoms with van der Waals surface area (Å²) in [5.74, 6) is 1.46. The van der Waals surface area contributed by atoms with Crippen molar-refractivity contribution in [2.45, 2.75) is 0 Å². The first-order valence-electron chi connectivity index (χ1n) is 17.7. The summed E-state index contributed by atoms with van der Waals surface area (Å²) >= 11 is 1.41. The lowest BCUT2D eigenvalue weighted by atomic mass is 9.98. The Hall–Kier alpha value is -6.17. The van der Waals surface area contributed by atoms with Crippen molar-refractivity contribution < 1.29 is 5.48 Å². The molecule has 3 heterocycles. The molecule has 0 aliphatic heterocycles. The van der Waals surface area contributed by atoms with Crippen LogP contribution in [0.1, 0.15) is 5.48 Å². The molecule has 0 unspecified atom stereocenters. The molecule has 0 amide bonds. The Labute approximate surface area is 285 Å². The molecule has 0 bridgehead atoms. The van der Waals surface area contributed by atoms with E-state index < -0.39 is 0 Å². The molecule has 0 saturated heterocycles. The van der Waals surface area contributed by atoms with E-state index in [9.17, 15) is 1.37 Å². The summed E-state index contributed by atoms with van der Waals surface area (Å²) in [6.07, 6.45) is 0. The van der Waals surface area contributed by atoms with E-state index in [0.717, 1.165) is 64.9 Å². The van der Waals surface area contributed by atoms with Crippen molar-refractivity contribution in [3.8, 4) is 39.9 Å². The molecule has 0 aliphatic carbocycles. The van der Waals surface area contributed by atoms with Gasteiger partial charge in [-0.2, -0.15) is 9.97 Å². The molecule has 7 aromatic carbocycles. The Bertz CT molecular complexity index is 2990. The second kappa shape index (κ2) is 10.7. The van der Waals surface area contributed by atoms with Crippen LogP contribution in [0.5, 0.6) is 0 Å². The highest BCUT2D eigenvalue weighted by Crippen LogP contribution is 2.48. The first-order valence-corrected chi connectivity index (χ1v) is 16.5. The number of rotatable bonds is 4. The minimum atomic E-state index is -0.259. The largest absolute Gasteiger partial charge is 0.277 e. The van der Waals surface area contributed by atoms with E-state index in [2.05, 4.69) is 47.0 Å². The predicted molar refractivity (Wildman–Crippen MR) is 201 cm³/mol. The maximum absolute atomic E-state index is 9.22. The average Bonchev–Trinajstić information content (AvgIpc) is 3.77. The highest BCUT2D eigenvalue weighted by Gasteiger charge is 2.24. The summed E-state index contributed by atoms with van der Waals surface area (Å²) in [6, 6.07) is 44.1. The molecule has 0 fully saturated rings. The Kier molecular flexibility index (Phi) is 5.17. The SMILES string of the molecule is [2H]c1c([2H])c([2H])c2c(sc3c4ccccc4c4c5cc(-c6ccccc6)ccc5n(-c5nc(-c6ccccc6)nc(-c6ccccc6)n5)c4c32)c1[2H]. The van der Waals surface area contributed by atoms with Crippen molar-refractivity contribution in [3.05, 3.63) is 158 Å². The third kappa shape index (κ3) is 4.11. The highest BCUT2D eigenvalue weighted by atomic mass is 32.1. The van der Waals surface area contributed by atoms with Crippen molar-refractivity contribution >= 4 is 64.1 Å². The minimum absolute atomic E-state index is 0.0404. The molecule has 0 N–H and O–H groups in total. The van der Waals surface area contributed by atoms with Crippen molar-refractivity contribution in [2.24, 2.45) is 0 Å². The van der Waals surface area contributed by atoms with Crippen LogP contribution in [0.25, 0.3) is 92.6 Å². The quantitative estimate of drug-likeness (QED) is 0.193. The van der Waals surface area contributed by atoms with Crippen LogP contribution in [0.4, 0.5) is 0 Å². The summed E-state index contributed by atoms with van der Waals surface area (Å²) in [7, 11) is 0. The molecule has 0 spiro atoms. The van der Waals surface area contributed by atoms with E-state index >= 15 is 0 Å². The molecule has 5 heteroatoms. The average molecular weight is 635 g/mol. The lowest BCUT2D eigenvalue weighted by Gasteiger charge is -2.12. The van der Waals surface area contributed by atoms with Gasteiger partial charge in [-0.15, -0.1) is 11.3 Å². The zero-order chi connectivity index (χ0) is 35.1. The molecule has 0 radical (unpaired) electrons. The van der Waals surface area contributed by atoms with Gasteiger partial charge in [-0.1, -0.05) is 139 Å². The zero-order valence-electron chi connectivity index (χ0n) is 29.4. The van der Waals surface area contributed by atoms with E-state index in [1.807, 2.05) is 91.0 Å². The van der Waals surface area contributed by atoms with Gasteiger partial charge in [0.15, 0.2) is 11.6 Å². The number of hydrogen-bond donors (Lipinski definition) is 0. The summed E-state index contributed by atoms with van der Waals surface area (Å²) in [5.41, 5.74) is 5.50. The molecule has 3 aromatic heterocycles. The van der Waals surface area contributed by atoms with E-state index in [1.165, 1.54) is 11.3 Å². The van der Waals surface area contributed by atoms with Gasteiger partial charge >= 0.3 is 0 Å².